The second-order valence-electron chi connectivity index (χ2n) is 8.90. The number of aromatic nitrogens is 3. The summed E-state index contributed by atoms with van der Waals surface area (Å²) >= 11 is 1.37. The van der Waals surface area contributed by atoms with Gasteiger partial charge in [-0.2, -0.15) is 0 Å². The van der Waals surface area contributed by atoms with Crippen LogP contribution in [0, 0.1) is 6.92 Å². The maximum absolute atomic E-state index is 12.8. The molecule has 4 rings (SSSR count). The molecule has 0 aromatic carbocycles. The molecule has 0 unspecified atom stereocenters. The Morgan fingerprint density at radius 1 is 1.24 bits per heavy atom. The molecule has 0 spiro atoms. The van der Waals surface area contributed by atoms with Gasteiger partial charge in [0.2, 0.25) is 5.88 Å². The fourth-order valence-corrected chi connectivity index (χ4v) is 5.15. The molecule has 0 aliphatic heterocycles. The molecule has 1 amide bonds. The minimum atomic E-state index is -0.239. The number of carbonyl (C=O) groups excluding carboxylic acids is 1. The van der Waals surface area contributed by atoms with Crippen LogP contribution in [0.25, 0.3) is 10.2 Å². The van der Waals surface area contributed by atoms with Gasteiger partial charge in [-0.05, 0) is 77.4 Å². The lowest BCUT2D eigenvalue weighted by atomic mass is 9.95. The van der Waals surface area contributed by atoms with Crippen molar-refractivity contribution in [3.63, 3.8) is 0 Å². The normalized spacial score (nSPS) is 18.3. The third-order valence-electron chi connectivity index (χ3n) is 5.95. The van der Waals surface area contributed by atoms with Crippen molar-refractivity contribution in [2.24, 2.45) is 0 Å². The number of aliphatic hydroxyl groups is 1. The number of nitrogens with zero attached hydrogens (tertiary/aromatic N) is 4. The second kappa shape index (κ2) is 11.1. The first-order valence-corrected chi connectivity index (χ1v) is 12.5. The molecule has 182 valence electrons. The van der Waals surface area contributed by atoms with Crippen LogP contribution in [-0.2, 0) is 0 Å². The summed E-state index contributed by atoms with van der Waals surface area (Å²) < 4.78 is 6.17. The fraction of sp³-hybridized carbons (Fsp3) is 0.500. The Hall–Kier alpha value is -2.82. The van der Waals surface area contributed by atoms with E-state index in [2.05, 4.69) is 30.5 Å². The Balaban J connectivity index is 1.53. The highest BCUT2D eigenvalue weighted by molar-refractivity contribution is 7.20. The molecule has 0 saturated heterocycles. The lowest BCUT2D eigenvalue weighted by molar-refractivity contribution is 0.0647. The molecule has 0 atom stereocenters. The summed E-state index contributed by atoms with van der Waals surface area (Å²) in [6, 6.07) is 3.74. The van der Waals surface area contributed by atoms with Crippen molar-refractivity contribution in [1.29, 1.82) is 0 Å². The van der Waals surface area contributed by atoms with E-state index < -0.39 is 0 Å². The zero-order chi connectivity index (χ0) is 24.1. The van der Waals surface area contributed by atoms with Crippen LogP contribution in [0.3, 0.4) is 0 Å². The maximum Gasteiger partial charge on any atom is 0.261 e. The molecule has 3 heterocycles. The second-order valence-corrected chi connectivity index (χ2v) is 9.90. The Morgan fingerprint density at radius 2 is 2.03 bits per heavy atom. The number of amides is 1. The molecular weight excluding hydrogens is 452 g/mol. The van der Waals surface area contributed by atoms with Crippen LogP contribution >= 0.6 is 11.3 Å². The van der Waals surface area contributed by atoms with Crippen molar-refractivity contribution in [2.75, 3.05) is 32.5 Å². The van der Waals surface area contributed by atoms with Gasteiger partial charge in [0, 0.05) is 12.7 Å². The average molecular weight is 485 g/mol. The predicted octanol–water partition coefficient (Wildman–Crippen LogP) is 3.50. The number of nitrogens with one attached hydrogen (secondary N) is 2. The van der Waals surface area contributed by atoms with Gasteiger partial charge in [0.05, 0.1) is 16.4 Å². The van der Waals surface area contributed by atoms with E-state index in [4.69, 9.17) is 4.74 Å². The quantitative estimate of drug-likeness (QED) is 0.396. The maximum atomic E-state index is 12.8. The van der Waals surface area contributed by atoms with Crippen LogP contribution in [0.1, 0.15) is 47.3 Å². The van der Waals surface area contributed by atoms with E-state index in [1.807, 2.05) is 33.2 Å². The summed E-state index contributed by atoms with van der Waals surface area (Å²) in [5.41, 5.74) is 1.55. The number of hydrogen-bond acceptors (Lipinski definition) is 9. The van der Waals surface area contributed by atoms with Crippen LogP contribution in [0.2, 0.25) is 0 Å². The summed E-state index contributed by atoms with van der Waals surface area (Å²) in [5.74, 6) is 1.03. The van der Waals surface area contributed by atoms with E-state index in [0.717, 1.165) is 54.4 Å². The summed E-state index contributed by atoms with van der Waals surface area (Å²) in [7, 11) is 4.03. The van der Waals surface area contributed by atoms with Crippen molar-refractivity contribution in [3.05, 3.63) is 35.1 Å². The zero-order valence-corrected chi connectivity index (χ0v) is 20.7. The summed E-state index contributed by atoms with van der Waals surface area (Å²) in [6.07, 6.45) is 6.94. The van der Waals surface area contributed by atoms with Crippen LogP contribution in [0.15, 0.2) is 24.7 Å². The van der Waals surface area contributed by atoms with Crippen LogP contribution in [0.5, 0.6) is 5.88 Å². The zero-order valence-electron chi connectivity index (χ0n) is 19.9. The van der Waals surface area contributed by atoms with Gasteiger partial charge in [-0.15, -0.1) is 11.3 Å². The number of fused-ring (bicyclic) bond motifs is 1. The van der Waals surface area contributed by atoms with E-state index >= 15 is 0 Å². The number of ether oxygens (including phenoxy) is 1. The summed E-state index contributed by atoms with van der Waals surface area (Å²) in [4.78, 5) is 29.6. The molecule has 10 heteroatoms. The van der Waals surface area contributed by atoms with E-state index in [1.165, 1.54) is 17.7 Å². The molecule has 3 aromatic rings. The van der Waals surface area contributed by atoms with Gasteiger partial charge in [0.1, 0.15) is 28.8 Å². The molecule has 1 aliphatic carbocycles. The van der Waals surface area contributed by atoms with Gasteiger partial charge in [-0.25, -0.2) is 15.0 Å². The first-order chi connectivity index (χ1) is 16.4. The SMILES string of the molecule is Cc1c(C(=O)NCCCN(C)C)sc2ncnc(Nc3cccnc3O[C@H]3CC[C@H](O)CC3)c12. The molecule has 0 bridgehead atoms. The predicted molar refractivity (Wildman–Crippen MR) is 134 cm³/mol. The van der Waals surface area contributed by atoms with Crippen molar-refractivity contribution in [1.82, 2.24) is 25.2 Å². The molecule has 3 N–H and O–H groups in total. The fourth-order valence-electron chi connectivity index (χ4n) is 4.09. The van der Waals surface area contributed by atoms with Crippen molar-refractivity contribution < 1.29 is 14.6 Å². The minimum absolute atomic E-state index is 0.0231. The van der Waals surface area contributed by atoms with Gasteiger partial charge in [-0.3, -0.25) is 4.79 Å². The van der Waals surface area contributed by atoms with Crippen molar-refractivity contribution in [2.45, 2.75) is 51.2 Å². The highest BCUT2D eigenvalue weighted by Gasteiger charge is 2.23. The van der Waals surface area contributed by atoms with E-state index in [0.29, 0.717) is 28.8 Å². The third kappa shape index (κ3) is 5.81. The number of thiophene rings is 1. The van der Waals surface area contributed by atoms with E-state index in [9.17, 15) is 9.90 Å². The van der Waals surface area contributed by atoms with Gasteiger partial charge < -0.3 is 25.4 Å². The highest BCUT2D eigenvalue weighted by atomic mass is 32.1. The van der Waals surface area contributed by atoms with Crippen molar-refractivity contribution in [3.8, 4) is 5.88 Å². The molecule has 1 fully saturated rings. The van der Waals surface area contributed by atoms with Gasteiger partial charge in [0.15, 0.2) is 0 Å². The third-order valence-corrected chi connectivity index (χ3v) is 7.15. The minimum Gasteiger partial charge on any atom is -0.473 e. The number of pyridine rings is 1. The number of hydrogen-bond donors (Lipinski definition) is 3. The van der Waals surface area contributed by atoms with Crippen LogP contribution in [0.4, 0.5) is 11.5 Å². The number of anilines is 2. The Labute approximate surface area is 203 Å². The van der Waals surface area contributed by atoms with Gasteiger partial charge in [0.25, 0.3) is 5.91 Å². The molecule has 3 aromatic heterocycles. The summed E-state index contributed by atoms with van der Waals surface area (Å²) in [5, 5.41) is 17.0. The van der Waals surface area contributed by atoms with Crippen molar-refractivity contribution >= 4 is 39.0 Å². The summed E-state index contributed by atoms with van der Waals surface area (Å²) in [6.45, 7) is 3.47. The first-order valence-electron chi connectivity index (χ1n) is 11.7. The number of rotatable bonds is 9. The average Bonchev–Trinajstić information content (AvgIpc) is 3.17. The Kier molecular flexibility index (Phi) is 7.91. The standard InChI is InChI=1S/C24H32N6O3S/c1-15-19-21(27-14-28-24(19)34-20(15)22(32)25-12-5-13-30(2)3)29-18-6-4-11-26-23(18)33-17-9-7-16(31)8-10-17/h4,6,11,14,16-17,31H,5,7-10,12-13H2,1-3H3,(H,25,32)(H,27,28,29)/t16-,17-. The lowest BCUT2D eigenvalue weighted by Crippen LogP contribution is -2.27. The lowest BCUT2D eigenvalue weighted by Gasteiger charge is -2.26. The number of carbonyl (C=O) groups is 1. The smallest absolute Gasteiger partial charge is 0.261 e. The molecule has 1 saturated carbocycles. The van der Waals surface area contributed by atoms with Gasteiger partial charge >= 0.3 is 0 Å². The van der Waals surface area contributed by atoms with E-state index in [1.54, 1.807) is 6.20 Å². The largest absolute Gasteiger partial charge is 0.473 e. The van der Waals surface area contributed by atoms with Gasteiger partial charge in [-0.1, -0.05) is 0 Å². The molecule has 1 aliphatic rings. The van der Waals surface area contributed by atoms with Crippen LogP contribution in [-0.4, -0.2) is 70.3 Å². The van der Waals surface area contributed by atoms with E-state index in [-0.39, 0.29) is 18.1 Å². The highest BCUT2D eigenvalue weighted by Crippen LogP contribution is 2.36. The Bertz CT molecular complexity index is 1130. The molecular formula is C24H32N6O3S. The van der Waals surface area contributed by atoms with Crippen LogP contribution < -0.4 is 15.4 Å². The molecule has 9 nitrogen and oxygen atoms in total. The molecule has 34 heavy (non-hydrogen) atoms. The molecule has 0 radical (unpaired) electrons. The number of aryl methyl sites for hydroxylation is 1. The first kappa shape index (κ1) is 24.3. The topological polar surface area (TPSA) is 113 Å². The Morgan fingerprint density at radius 3 is 2.79 bits per heavy atom. The number of aliphatic hydroxyl groups excluding tert-OH is 1. The monoisotopic (exact) mass is 484 g/mol.